The van der Waals surface area contributed by atoms with Gasteiger partial charge in [-0.05, 0) is 31.9 Å². The van der Waals surface area contributed by atoms with Crippen molar-refractivity contribution in [2.45, 2.75) is 26.9 Å². The van der Waals surface area contributed by atoms with Crippen LogP contribution >= 0.6 is 0 Å². The van der Waals surface area contributed by atoms with Gasteiger partial charge in [-0.3, -0.25) is 20.0 Å². The summed E-state index contributed by atoms with van der Waals surface area (Å²) in [6.07, 6.45) is -0.970. The molecule has 1 heterocycles. The Bertz CT molecular complexity index is 767. The van der Waals surface area contributed by atoms with E-state index in [2.05, 4.69) is 15.5 Å². The minimum Gasteiger partial charge on any atom is -0.490 e. The SMILES string of the molecule is Cc1cccc(C)c1OCC(O)CNC(=O)c1n[nH]c(C)c1[N+](=O)[O-]. The number of nitrogens with one attached hydrogen (secondary N) is 2. The fraction of sp³-hybridized carbons (Fsp3) is 0.375. The third kappa shape index (κ3) is 4.32. The maximum absolute atomic E-state index is 12.0. The smallest absolute Gasteiger partial charge is 0.322 e. The number of aromatic amines is 1. The third-order valence-electron chi connectivity index (χ3n) is 3.64. The van der Waals surface area contributed by atoms with Crippen LogP contribution in [0, 0.1) is 30.9 Å². The van der Waals surface area contributed by atoms with Gasteiger partial charge in [0.05, 0.1) is 4.92 Å². The number of ether oxygens (including phenoxy) is 1. The molecule has 0 radical (unpaired) electrons. The molecule has 9 nitrogen and oxygen atoms in total. The zero-order valence-corrected chi connectivity index (χ0v) is 14.2. The summed E-state index contributed by atoms with van der Waals surface area (Å²) < 4.78 is 5.60. The van der Waals surface area contributed by atoms with Crippen molar-refractivity contribution in [3.05, 3.63) is 50.8 Å². The zero-order valence-electron chi connectivity index (χ0n) is 14.2. The summed E-state index contributed by atoms with van der Waals surface area (Å²) in [6, 6.07) is 5.71. The molecular formula is C16H20N4O5. The van der Waals surface area contributed by atoms with E-state index in [-0.39, 0.29) is 30.2 Å². The molecule has 0 bridgehead atoms. The minimum absolute atomic E-state index is 0.0202. The maximum Gasteiger partial charge on any atom is 0.322 e. The molecule has 1 amide bonds. The second kappa shape index (κ2) is 7.75. The average Bonchev–Trinajstić information content (AvgIpc) is 2.94. The molecule has 1 aromatic carbocycles. The average molecular weight is 348 g/mol. The van der Waals surface area contributed by atoms with Gasteiger partial charge < -0.3 is 15.2 Å². The summed E-state index contributed by atoms with van der Waals surface area (Å²) in [7, 11) is 0. The van der Waals surface area contributed by atoms with Gasteiger partial charge in [-0.15, -0.1) is 0 Å². The van der Waals surface area contributed by atoms with Crippen LogP contribution < -0.4 is 10.1 Å². The van der Waals surface area contributed by atoms with E-state index in [0.29, 0.717) is 5.75 Å². The van der Waals surface area contributed by atoms with E-state index in [1.807, 2.05) is 32.0 Å². The number of aryl methyl sites for hydroxylation is 3. The molecule has 3 N–H and O–H groups in total. The number of aliphatic hydroxyl groups is 1. The molecule has 2 rings (SSSR count). The molecule has 1 unspecified atom stereocenters. The highest BCUT2D eigenvalue weighted by molar-refractivity contribution is 5.96. The molecule has 0 fully saturated rings. The Morgan fingerprint density at radius 1 is 1.40 bits per heavy atom. The van der Waals surface area contributed by atoms with Crippen LogP contribution in [0.25, 0.3) is 0 Å². The Kier molecular flexibility index (Phi) is 5.71. The van der Waals surface area contributed by atoms with Crippen molar-refractivity contribution in [3.8, 4) is 5.75 Å². The number of nitro groups is 1. The number of hydrogen-bond donors (Lipinski definition) is 3. The van der Waals surface area contributed by atoms with Crippen LogP contribution in [-0.2, 0) is 0 Å². The lowest BCUT2D eigenvalue weighted by atomic mass is 10.1. The number of carbonyl (C=O) groups is 1. The van der Waals surface area contributed by atoms with Gasteiger partial charge >= 0.3 is 5.69 Å². The van der Waals surface area contributed by atoms with Crippen LogP contribution in [0.2, 0.25) is 0 Å². The molecule has 1 aromatic heterocycles. The Hall–Kier alpha value is -2.94. The predicted molar refractivity (Wildman–Crippen MR) is 89.7 cm³/mol. The fourth-order valence-electron chi connectivity index (χ4n) is 2.36. The highest BCUT2D eigenvalue weighted by Crippen LogP contribution is 2.22. The van der Waals surface area contributed by atoms with E-state index in [1.54, 1.807) is 0 Å². The first kappa shape index (κ1) is 18.4. The van der Waals surface area contributed by atoms with Crippen molar-refractivity contribution in [2.75, 3.05) is 13.2 Å². The summed E-state index contributed by atoms with van der Waals surface area (Å²) in [5, 5.41) is 29.4. The molecule has 134 valence electrons. The Balaban J connectivity index is 1.91. The topological polar surface area (TPSA) is 130 Å². The fourth-order valence-corrected chi connectivity index (χ4v) is 2.36. The van der Waals surface area contributed by atoms with E-state index in [9.17, 15) is 20.0 Å². The molecular weight excluding hydrogens is 328 g/mol. The summed E-state index contributed by atoms with van der Waals surface area (Å²) in [4.78, 5) is 22.3. The highest BCUT2D eigenvalue weighted by atomic mass is 16.6. The van der Waals surface area contributed by atoms with Crippen molar-refractivity contribution < 1.29 is 19.6 Å². The van der Waals surface area contributed by atoms with Crippen LogP contribution in [0.4, 0.5) is 5.69 Å². The Labute approximate surface area is 144 Å². The van der Waals surface area contributed by atoms with Gasteiger partial charge in [-0.2, -0.15) is 5.10 Å². The monoisotopic (exact) mass is 348 g/mol. The predicted octanol–water partition coefficient (Wildman–Crippen LogP) is 1.41. The zero-order chi connectivity index (χ0) is 18.6. The second-order valence-electron chi connectivity index (χ2n) is 5.70. The molecule has 0 aliphatic carbocycles. The van der Waals surface area contributed by atoms with Crippen molar-refractivity contribution in [1.29, 1.82) is 0 Å². The summed E-state index contributed by atoms with van der Waals surface area (Å²) in [5.41, 5.74) is 1.39. The van der Waals surface area contributed by atoms with E-state index in [4.69, 9.17) is 4.74 Å². The molecule has 0 aliphatic rings. The van der Waals surface area contributed by atoms with E-state index in [0.717, 1.165) is 11.1 Å². The standard InChI is InChI=1S/C16H20N4O5/c1-9-5-4-6-10(2)15(9)25-8-12(21)7-17-16(22)13-14(20(23)24)11(3)18-19-13/h4-6,12,21H,7-8H2,1-3H3,(H,17,22)(H,18,19). The number of nitrogens with zero attached hydrogens (tertiary/aromatic N) is 2. The summed E-state index contributed by atoms with van der Waals surface area (Å²) in [5.74, 6) is -0.0476. The van der Waals surface area contributed by atoms with Crippen molar-refractivity contribution >= 4 is 11.6 Å². The first-order valence-electron chi connectivity index (χ1n) is 7.66. The van der Waals surface area contributed by atoms with Crippen LogP contribution in [0.15, 0.2) is 18.2 Å². The number of amides is 1. The number of benzene rings is 1. The van der Waals surface area contributed by atoms with Crippen LogP contribution in [0.5, 0.6) is 5.75 Å². The maximum atomic E-state index is 12.0. The molecule has 0 saturated heterocycles. The van der Waals surface area contributed by atoms with E-state index in [1.165, 1.54) is 6.92 Å². The van der Waals surface area contributed by atoms with Gasteiger partial charge in [0.25, 0.3) is 5.91 Å². The molecule has 0 aliphatic heterocycles. The van der Waals surface area contributed by atoms with Gasteiger partial charge in [-0.1, -0.05) is 18.2 Å². The van der Waals surface area contributed by atoms with Gasteiger partial charge in [0.2, 0.25) is 5.69 Å². The van der Waals surface area contributed by atoms with Gasteiger partial charge in [-0.25, -0.2) is 0 Å². The number of H-pyrrole nitrogens is 1. The number of para-hydroxylation sites is 1. The number of carbonyl (C=O) groups excluding carboxylic acids is 1. The lowest BCUT2D eigenvalue weighted by Crippen LogP contribution is -2.35. The second-order valence-corrected chi connectivity index (χ2v) is 5.70. The molecule has 0 spiro atoms. The Morgan fingerprint density at radius 2 is 2.04 bits per heavy atom. The van der Waals surface area contributed by atoms with Crippen LogP contribution in [-0.4, -0.2) is 45.4 Å². The van der Waals surface area contributed by atoms with Crippen LogP contribution in [0.3, 0.4) is 0 Å². The van der Waals surface area contributed by atoms with Crippen molar-refractivity contribution in [2.24, 2.45) is 0 Å². The normalized spacial score (nSPS) is 11.8. The first-order chi connectivity index (χ1) is 11.8. The number of aliphatic hydroxyl groups excluding tert-OH is 1. The molecule has 0 saturated carbocycles. The van der Waals surface area contributed by atoms with Crippen molar-refractivity contribution in [3.63, 3.8) is 0 Å². The number of aromatic nitrogens is 2. The molecule has 2 aromatic rings. The highest BCUT2D eigenvalue weighted by Gasteiger charge is 2.27. The third-order valence-corrected chi connectivity index (χ3v) is 3.64. The first-order valence-corrected chi connectivity index (χ1v) is 7.66. The van der Waals surface area contributed by atoms with Gasteiger partial charge in [0, 0.05) is 6.54 Å². The summed E-state index contributed by atoms with van der Waals surface area (Å²) >= 11 is 0. The number of hydrogen-bond acceptors (Lipinski definition) is 6. The summed E-state index contributed by atoms with van der Waals surface area (Å²) in [6.45, 7) is 5.11. The minimum atomic E-state index is -0.970. The van der Waals surface area contributed by atoms with Gasteiger partial charge in [0.1, 0.15) is 24.2 Å². The molecule has 9 heteroatoms. The van der Waals surface area contributed by atoms with Crippen LogP contribution in [0.1, 0.15) is 27.3 Å². The Morgan fingerprint density at radius 3 is 2.64 bits per heavy atom. The molecule has 25 heavy (non-hydrogen) atoms. The number of rotatable bonds is 7. The van der Waals surface area contributed by atoms with Crippen molar-refractivity contribution in [1.82, 2.24) is 15.5 Å². The van der Waals surface area contributed by atoms with E-state index < -0.39 is 16.9 Å². The van der Waals surface area contributed by atoms with Gasteiger partial charge in [0.15, 0.2) is 0 Å². The largest absolute Gasteiger partial charge is 0.490 e. The quantitative estimate of drug-likeness (QED) is 0.512. The lowest BCUT2D eigenvalue weighted by molar-refractivity contribution is -0.385. The van der Waals surface area contributed by atoms with E-state index >= 15 is 0 Å². The lowest BCUT2D eigenvalue weighted by Gasteiger charge is -2.15. The molecule has 1 atom stereocenters.